The van der Waals surface area contributed by atoms with Gasteiger partial charge < -0.3 is 9.47 Å². The third-order valence-corrected chi connectivity index (χ3v) is 3.26. The number of benzene rings is 1. The summed E-state index contributed by atoms with van der Waals surface area (Å²) >= 11 is 3.39. The molecule has 0 amide bonds. The first-order valence-corrected chi connectivity index (χ1v) is 7.06. The zero-order valence-corrected chi connectivity index (χ0v) is 12.6. The van der Waals surface area contributed by atoms with Crippen LogP contribution in [0.1, 0.15) is 29.2 Å². The van der Waals surface area contributed by atoms with Crippen LogP contribution in [0.2, 0.25) is 0 Å². The highest BCUT2D eigenvalue weighted by molar-refractivity contribution is 9.09. The van der Waals surface area contributed by atoms with Gasteiger partial charge >= 0.3 is 0 Å². The highest BCUT2D eigenvalue weighted by atomic mass is 79.9. The van der Waals surface area contributed by atoms with E-state index in [0.717, 1.165) is 0 Å². The summed E-state index contributed by atoms with van der Waals surface area (Å²) in [5.41, 5.74) is 5.13. The fourth-order valence-corrected chi connectivity index (χ4v) is 2.31. The van der Waals surface area contributed by atoms with E-state index >= 15 is 0 Å². The van der Waals surface area contributed by atoms with Gasteiger partial charge in [-0.3, -0.25) is 0 Å². The van der Waals surface area contributed by atoms with Gasteiger partial charge in [0.2, 0.25) is 0 Å². The van der Waals surface area contributed by atoms with Gasteiger partial charge in [-0.05, 0) is 44.4 Å². The lowest BCUT2D eigenvalue weighted by molar-refractivity contribution is -0.130. The molecule has 0 heterocycles. The number of hydrogen-bond donors (Lipinski definition) is 0. The second-order valence-corrected chi connectivity index (χ2v) is 4.87. The van der Waals surface area contributed by atoms with Gasteiger partial charge in [-0.1, -0.05) is 33.6 Å². The quantitative estimate of drug-likeness (QED) is 0.586. The first-order chi connectivity index (χ1) is 8.08. The Morgan fingerprint density at radius 2 is 1.71 bits per heavy atom. The molecule has 0 aromatic heterocycles. The second-order valence-electron chi connectivity index (χ2n) is 4.23. The Balaban J connectivity index is 2.68. The Hall–Kier alpha value is -0.380. The first-order valence-electron chi connectivity index (χ1n) is 5.94. The Bertz CT molecular complexity index is 340. The molecule has 0 aliphatic carbocycles. The molecule has 3 heteroatoms. The van der Waals surface area contributed by atoms with Crippen molar-refractivity contribution in [1.82, 2.24) is 0 Å². The molecular formula is C14H21BrO2. The van der Waals surface area contributed by atoms with Gasteiger partial charge in [0.25, 0.3) is 0 Å². The van der Waals surface area contributed by atoms with Crippen LogP contribution in [0.5, 0.6) is 0 Å². The third-order valence-electron chi connectivity index (χ3n) is 2.73. The summed E-state index contributed by atoms with van der Waals surface area (Å²) in [5, 5.41) is 0.699. The molecule has 0 N–H and O–H groups in total. The fourth-order valence-electron chi connectivity index (χ4n) is 1.94. The molecule has 1 rings (SSSR count). The Kier molecular flexibility index (Phi) is 6.17. The van der Waals surface area contributed by atoms with Crippen molar-refractivity contribution < 1.29 is 9.47 Å². The molecule has 0 aliphatic heterocycles. The monoisotopic (exact) mass is 300 g/mol. The molecule has 0 aliphatic rings. The van der Waals surface area contributed by atoms with Crippen molar-refractivity contribution >= 4 is 15.9 Å². The molecule has 0 radical (unpaired) electrons. The summed E-state index contributed by atoms with van der Waals surface area (Å²) in [4.78, 5) is 0. The van der Waals surface area contributed by atoms with E-state index in [0.29, 0.717) is 18.5 Å². The van der Waals surface area contributed by atoms with E-state index in [9.17, 15) is 0 Å². The number of rotatable bonds is 6. The van der Waals surface area contributed by atoms with Crippen LogP contribution in [-0.4, -0.2) is 18.2 Å². The average Bonchev–Trinajstić information content (AvgIpc) is 2.26. The predicted octanol–water partition coefficient (Wildman–Crippen LogP) is 3.89. The Morgan fingerprint density at radius 3 is 2.18 bits per heavy atom. The van der Waals surface area contributed by atoms with E-state index in [1.54, 1.807) is 0 Å². The predicted molar refractivity (Wildman–Crippen MR) is 74.7 cm³/mol. The highest BCUT2D eigenvalue weighted by Crippen LogP contribution is 2.18. The summed E-state index contributed by atoms with van der Waals surface area (Å²) in [5.74, 6) is 0. The summed E-state index contributed by atoms with van der Waals surface area (Å²) in [6, 6.07) is 4.38. The van der Waals surface area contributed by atoms with Crippen LogP contribution in [0, 0.1) is 20.8 Å². The lowest BCUT2D eigenvalue weighted by atomic mass is 10.0. The Morgan fingerprint density at radius 1 is 1.12 bits per heavy atom. The van der Waals surface area contributed by atoms with E-state index in [1.807, 2.05) is 6.92 Å². The smallest absolute Gasteiger partial charge is 0.167 e. The minimum absolute atomic E-state index is 0.167. The van der Waals surface area contributed by atoms with Crippen molar-refractivity contribution in [3.8, 4) is 0 Å². The van der Waals surface area contributed by atoms with Crippen molar-refractivity contribution in [2.45, 2.75) is 40.6 Å². The molecule has 0 saturated heterocycles. The summed E-state index contributed by atoms with van der Waals surface area (Å²) < 4.78 is 11.2. The maximum atomic E-state index is 5.75. The lowest BCUT2D eigenvalue weighted by Crippen LogP contribution is -2.19. The minimum atomic E-state index is -0.167. The summed E-state index contributed by atoms with van der Waals surface area (Å²) in [7, 11) is 0. The molecule has 0 bridgehead atoms. The van der Waals surface area contributed by atoms with Crippen LogP contribution in [0.15, 0.2) is 12.1 Å². The molecule has 0 saturated carbocycles. The highest BCUT2D eigenvalue weighted by Gasteiger charge is 2.09. The van der Waals surface area contributed by atoms with Crippen LogP contribution in [0.3, 0.4) is 0 Å². The number of ether oxygens (including phenoxy) is 2. The van der Waals surface area contributed by atoms with Gasteiger partial charge in [0, 0.05) is 6.61 Å². The first kappa shape index (κ1) is 14.7. The average molecular weight is 301 g/mol. The molecule has 17 heavy (non-hydrogen) atoms. The van der Waals surface area contributed by atoms with Gasteiger partial charge in [-0.2, -0.15) is 0 Å². The molecule has 0 fully saturated rings. The summed E-state index contributed by atoms with van der Waals surface area (Å²) in [6.45, 7) is 9.62. The van der Waals surface area contributed by atoms with Gasteiger partial charge in [0.1, 0.15) is 0 Å². The molecule has 2 nitrogen and oxygen atoms in total. The van der Waals surface area contributed by atoms with Crippen molar-refractivity contribution in [3.05, 3.63) is 34.4 Å². The molecule has 0 spiro atoms. The van der Waals surface area contributed by atoms with Crippen molar-refractivity contribution in [3.63, 3.8) is 0 Å². The zero-order chi connectivity index (χ0) is 12.8. The third kappa shape index (κ3) is 4.41. The topological polar surface area (TPSA) is 18.5 Å². The number of halogens is 1. The number of hydrogen-bond acceptors (Lipinski definition) is 2. The van der Waals surface area contributed by atoms with E-state index < -0.39 is 0 Å². The SMILES string of the molecule is CCOC(CBr)OCc1c(C)cc(C)cc1C. The molecular weight excluding hydrogens is 280 g/mol. The maximum absolute atomic E-state index is 5.75. The molecule has 96 valence electrons. The fraction of sp³-hybridized carbons (Fsp3) is 0.571. The van der Waals surface area contributed by atoms with E-state index in [4.69, 9.17) is 9.47 Å². The van der Waals surface area contributed by atoms with Gasteiger partial charge in [-0.25, -0.2) is 0 Å². The van der Waals surface area contributed by atoms with Crippen LogP contribution < -0.4 is 0 Å². The zero-order valence-electron chi connectivity index (χ0n) is 11.0. The van der Waals surface area contributed by atoms with Gasteiger partial charge in [0.15, 0.2) is 6.29 Å². The number of alkyl halides is 1. The largest absolute Gasteiger partial charge is 0.352 e. The molecule has 1 atom stereocenters. The standard InChI is InChI=1S/C14H21BrO2/c1-5-16-14(8-15)17-9-13-11(3)6-10(2)7-12(13)4/h6-7,14H,5,8-9H2,1-4H3. The van der Waals surface area contributed by atoms with Crippen LogP contribution >= 0.6 is 15.9 Å². The number of aryl methyl sites for hydroxylation is 3. The minimum Gasteiger partial charge on any atom is -0.352 e. The van der Waals surface area contributed by atoms with Gasteiger partial charge in [-0.15, -0.1) is 0 Å². The van der Waals surface area contributed by atoms with Crippen molar-refractivity contribution in [2.75, 3.05) is 11.9 Å². The molecule has 1 aromatic rings. The second kappa shape index (κ2) is 7.14. The normalized spacial score (nSPS) is 12.8. The van der Waals surface area contributed by atoms with Crippen LogP contribution in [-0.2, 0) is 16.1 Å². The van der Waals surface area contributed by atoms with E-state index in [2.05, 4.69) is 48.8 Å². The van der Waals surface area contributed by atoms with Crippen LogP contribution in [0.25, 0.3) is 0 Å². The van der Waals surface area contributed by atoms with Gasteiger partial charge in [0.05, 0.1) is 11.9 Å². The molecule has 1 unspecified atom stereocenters. The Labute approximate surface area is 112 Å². The van der Waals surface area contributed by atoms with Crippen molar-refractivity contribution in [1.29, 1.82) is 0 Å². The lowest BCUT2D eigenvalue weighted by Gasteiger charge is -2.17. The van der Waals surface area contributed by atoms with E-state index in [-0.39, 0.29) is 6.29 Å². The van der Waals surface area contributed by atoms with Crippen molar-refractivity contribution in [2.24, 2.45) is 0 Å². The summed E-state index contributed by atoms with van der Waals surface area (Å²) in [6.07, 6.45) is -0.167. The maximum Gasteiger partial charge on any atom is 0.167 e. The van der Waals surface area contributed by atoms with Crippen LogP contribution in [0.4, 0.5) is 0 Å². The van der Waals surface area contributed by atoms with E-state index in [1.165, 1.54) is 22.3 Å². The molecule has 1 aromatic carbocycles.